The van der Waals surface area contributed by atoms with Crippen molar-refractivity contribution in [3.8, 4) is 0 Å². The first-order chi connectivity index (χ1) is 10.0. The maximum absolute atomic E-state index is 5.83. The number of ether oxygens (including phenoxy) is 1. The van der Waals surface area contributed by atoms with Crippen LogP contribution in [0.3, 0.4) is 0 Å². The van der Waals surface area contributed by atoms with Crippen LogP contribution in [-0.4, -0.2) is 48.8 Å². The summed E-state index contributed by atoms with van der Waals surface area (Å²) in [7, 11) is 0. The SMILES string of the molecule is CC(C)CC1CN(CCOC(C)C)C2(CCCCC2)CN1. The van der Waals surface area contributed by atoms with Gasteiger partial charge in [-0.2, -0.15) is 0 Å². The smallest absolute Gasteiger partial charge is 0.0597 e. The van der Waals surface area contributed by atoms with Crippen LogP contribution in [0.25, 0.3) is 0 Å². The number of nitrogens with zero attached hydrogens (tertiary/aromatic N) is 1. The highest BCUT2D eigenvalue weighted by Gasteiger charge is 2.41. The van der Waals surface area contributed by atoms with Crippen molar-refractivity contribution in [3.05, 3.63) is 0 Å². The number of hydrogen-bond donors (Lipinski definition) is 1. The topological polar surface area (TPSA) is 24.5 Å². The fourth-order valence-electron chi connectivity index (χ4n) is 4.13. The standard InChI is InChI=1S/C18H36N2O/c1-15(2)12-17-13-20(10-11-21-16(3)4)18(14-19-17)8-6-5-7-9-18/h15-17,19H,5-14H2,1-4H3. The van der Waals surface area contributed by atoms with Crippen LogP contribution in [0, 0.1) is 5.92 Å². The molecule has 1 spiro atoms. The normalized spacial score (nSPS) is 26.9. The maximum Gasteiger partial charge on any atom is 0.0597 e. The van der Waals surface area contributed by atoms with Gasteiger partial charge in [0.1, 0.15) is 0 Å². The maximum atomic E-state index is 5.83. The van der Waals surface area contributed by atoms with Crippen molar-refractivity contribution < 1.29 is 4.74 Å². The molecule has 2 rings (SSSR count). The summed E-state index contributed by atoms with van der Waals surface area (Å²) < 4.78 is 5.83. The molecule has 1 atom stereocenters. The lowest BCUT2D eigenvalue weighted by atomic mass is 9.78. The molecule has 21 heavy (non-hydrogen) atoms. The minimum Gasteiger partial charge on any atom is -0.377 e. The second-order valence-electron chi connectivity index (χ2n) is 7.86. The summed E-state index contributed by atoms with van der Waals surface area (Å²) in [5.41, 5.74) is 0.423. The summed E-state index contributed by atoms with van der Waals surface area (Å²) >= 11 is 0. The molecule has 1 heterocycles. The fourth-order valence-corrected chi connectivity index (χ4v) is 4.13. The van der Waals surface area contributed by atoms with Gasteiger partial charge in [0.15, 0.2) is 0 Å². The van der Waals surface area contributed by atoms with Gasteiger partial charge in [-0.3, -0.25) is 4.90 Å². The Labute approximate surface area is 131 Å². The summed E-state index contributed by atoms with van der Waals surface area (Å²) in [6, 6.07) is 0.664. The van der Waals surface area contributed by atoms with Crippen molar-refractivity contribution in [1.29, 1.82) is 0 Å². The zero-order valence-corrected chi connectivity index (χ0v) is 14.7. The van der Waals surface area contributed by atoms with E-state index in [1.54, 1.807) is 0 Å². The van der Waals surface area contributed by atoms with E-state index < -0.39 is 0 Å². The van der Waals surface area contributed by atoms with Gasteiger partial charge in [0.25, 0.3) is 0 Å². The largest absolute Gasteiger partial charge is 0.377 e. The van der Waals surface area contributed by atoms with Crippen LogP contribution in [-0.2, 0) is 4.74 Å². The van der Waals surface area contributed by atoms with Gasteiger partial charge in [-0.1, -0.05) is 33.1 Å². The molecule has 0 radical (unpaired) electrons. The van der Waals surface area contributed by atoms with Crippen molar-refractivity contribution in [2.75, 3.05) is 26.2 Å². The van der Waals surface area contributed by atoms with Crippen LogP contribution in [0.2, 0.25) is 0 Å². The van der Waals surface area contributed by atoms with Crippen LogP contribution in [0.4, 0.5) is 0 Å². The van der Waals surface area contributed by atoms with Crippen LogP contribution < -0.4 is 5.32 Å². The molecule has 2 aliphatic rings. The molecule has 3 nitrogen and oxygen atoms in total. The minimum atomic E-state index is 0.349. The number of nitrogens with one attached hydrogen (secondary N) is 1. The van der Waals surface area contributed by atoms with Crippen molar-refractivity contribution >= 4 is 0 Å². The molecular weight excluding hydrogens is 260 g/mol. The molecule has 1 saturated heterocycles. The van der Waals surface area contributed by atoms with Crippen molar-refractivity contribution in [2.24, 2.45) is 5.92 Å². The Morgan fingerprint density at radius 2 is 1.86 bits per heavy atom. The van der Waals surface area contributed by atoms with E-state index in [1.165, 1.54) is 51.6 Å². The van der Waals surface area contributed by atoms with Crippen LogP contribution >= 0.6 is 0 Å². The van der Waals surface area contributed by atoms with Crippen LogP contribution in [0.5, 0.6) is 0 Å². The van der Waals surface area contributed by atoms with E-state index in [0.29, 0.717) is 17.7 Å². The Balaban J connectivity index is 1.95. The Bertz CT molecular complexity index is 298. The molecule has 0 amide bonds. The van der Waals surface area contributed by atoms with Gasteiger partial charge in [-0.25, -0.2) is 0 Å². The Hall–Kier alpha value is -0.120. The third kappa shape index (κ3) is 4.94. The van der Waals surface area contributed by atoms with Crippen LogP contribution in [0.15, 0.2) is 0 Å². The molecule has 0 bridgehead atoms. The third-order valence-electron chi connectivity index (χ3n) is 5.18. The van der Waals surface area contributed by atoms with E-state index in [4.69, 9.17) is 4.74 Å². The van der Waals surface area contributed by atoms with Gasteiger partial charge >= 0.3 is 0 Å². The van der Waals surface area contributed by atoms with Gasteiger partial charge in [0.05, 0.1) is 12.7 Å². The van der Waals surface area contributed by atoms with E-state index in [0.717, 1.165) is 19.1 Å². The average Bonchev–Trinajstić information content (AvgIpc) is 2.43. The predicted octanol–water partition coefficient (Wildman–Crippen LogP) is 3.43. The number of hydrogen-bond acceptors (Lipinski definition) is 3. The summed E-state index contributed by atoms with van der Waals surface area (Å²) in [5, 5.41) is 3.86. The lowest BCUT2D eigenvalue weighted by molar-refractivity contribution is -0.0229. The minimum absolute atomic E-state index is 0.349. The van der Waals surface area contributed by atoms with E-state index in [1.807, 2.05) is 0 Å². The first-order valence-corrected chi connectivity index (χ1v) is 9.12. The molecule has 124 valence electrons. The number of rotatable bonds is 6. The lowest BCUT2D eigenvalue weighted by Crippen LogP contribution is -2.65. The van der Waals surface area contributed by atoms with E-state index in [-0.39, 0.29) is 0 Å². The zero-order chi connectivity index (χ0) is 15.3. The first kappa shape index (κ1) is 17.2. The molecule has 0 aromatic heterocycles. The third-order valence-corrected chi connectivity index (χ3v) is 5.18. The summed E-state index contributed by atoms with van der Waals surface area (Å²) in [4.78, 5) is 2.78. The Kier molecular flexibility index (Phi) is 6.51. The molecule has 3 heteroatoms. The van der Waals surface area contributed by atoms with Crippen molar-refractivity contribution in [1.82, 2.24) is 10.2 Å². The van der Waals surface area contributed by atoms with Gasteiger partial charge in [-0.15, -0.1) is 0 Å². The van der Waals surface area contributed by atoms with Gasteiger partial charge in [0.2, 0.25) is 0 Å². The van der Waals surface area contributed by atoms with Crippen LogP contribution in [0.1, 0.15) is 66.2 Å². The first-order valence-electron chi connectivity index (χ1n) is 9.12. The lowest BCUT2D eigenvalue weighted by Gasteiger charge is -2.52. The van der Waals surface area contributed by atoms with E-state index in [9.17, 15) is 0 Å². The average molecular weight is 296 g/mol. The predicted molar refractivity (Wildman–Crippen MR) is 89.7 cm³/mol. The summed E-state index contributed by atoms with van der Waals surface area (Å²) in [6.45, 7) is 13.3. The quantitative estimate of drug-likeness (QED) is 0.812. The van der Waals surface area contributed by atoms with Gasteiger partial charge in [0, 0.05) is 31.2 Å². The molecule has 1 unspecified atom stereocenters. The van der Waals surface area contributed by atoms with Crippen molar-refractivity contribution in [2.45, 2.75) is 83.9 Å². The van der Waals surface area contributed by atoms with E-state index >= 15 is 0 Å². The molecule has 1 aliphatic heterocycles. The highest BCUT2D eigenvalue weighted by molar-refractivity contribution is 5.00. The molecule has 1 aliphatic carbocycles. The monoisotopic (exact) mass is 296 g/mol. The second-order valence-corrected chi connectivity index (χ2v) is 7.86. The Morgan fingerprint density at radius 1 is 1.14 bits per heavy atom. The highest BCUT2D eigenvalue weighted by Crippen LogP contribution is 2.35. The van der Waals surface area contributed by atoms with Gasteiger partial charge < -0.3 is 10.1 Å². The van der Waals surface area contributed by atoms with Crippen molar-refractivity contribution in [3.63, 3.8) is 0 Å². The molecule has 0 aromatic carbocycles. The zero-order valence-electron chi connectivity index (χ0n) is 14.7. The fraction of sp³-hybridized carbons (Fsp3) is 1.00. The van der Waals surface area contributed by atoms with Gasteiger partial charge in [-0.05, 0) is 39.0 Å². The number of piperazine rings is 1. The second kappa shape index (κ2) is 7.94. The molecule has 2 fully saturated rings. The molecule has 0 aromatic rings. The van der Waals surface area contributed by atoms with E-state index in [2.05, 4.69) is 37.9 Å². The highest BCUT2D eigenvalue weighted by atomic mass is 16.5. The summed E-state index contributed by atoms with van der Waals surface area (Å²) in [6.07, 6.45) is 8.61. The summed E-state index contributed by atoms with van der Waals surface area (Å²) in [5.74, 6) is 0.775. The molecule has 1 N–H and O–H groups in total. The molecular formula is C18H36N2O. The molecule has 1 saturated carbocycles. The Morgan fingerprint density at radius 3 is 2.48 bits per heavy atom.